The summed E-state index contributed by atoms with van der Waals surface area (Å²) in [4.78, 5) is 4.67. The average molecular weight is 689 g/mol. The van der Waals surface area contributed by atoms with Crippen LogP contribution >= 0.6 is 0 Å². The molecule has 3 heteroatoms. The molecule has 0 spiro atoms. The van der Waals surface area contributed by atoms with Crippen LogP contribution in [0, 0.1) is 0 Å². The molecule has 0 saturated heterocycles. The molecule has 252 valence electrons. The topological polar surface area (TPSA) is 31.0 Å². The molecule has 0 aliphatic carbocycles. The highest BCUT2D eigenvalue weighted by Gasteiger charge is 2.16. The highest BCUT2D eigenvalue weighted by molar-refractivity contribution is 6.12. The molecule has 0 amide bonds. The van der Waals surface area contributed by atoms with Crippen molar-refractivity contribution in [2.75, 3.05) is 0 Å². The molecule has 0 N–H and O–H groups in total. The first-order valence-corrected chi connectivity index (χ1v) is 18.4. The van der Waals surface area contributed by atoms with Crippen LogP contribution in [0.4, 0.5) is 0 Å². The molecule has 0 saturated carbocycles. The molecular formula is C51H32N2O. The van der Waals surface area contributed by atoms with E-state index in [0.717, 1.165) is 33.5 Å². The number of aromatic nitrogens is 2. The number of para-hydroxylation sites is 2. The van der Waals surface area contributed by atoms with Crippen molar-refractivity contribution in [3.8, 4) is 50.5 Å². The van der Waals surface area contributed by atoms with Gasteiger partial charge in [-0.15, -0.1) is 0 Å². The van der Waals surface area contributed by atoms with E-state index in [2.05, 4.69) is 179 Å². The smallest absolute Gasteiger partial charge is 0.227 e. The van der Waals surface area contributed by atoms with Crippen molar-refractivity contribution in [2.24, 2.45) is 0 Å². The summed E-state index contributed by atoms with van der Waals surface area (Å²) >= 11 is 0. The predicted molar refractivity (Wildman–Crippen MR) is 225 cm³/mol. The number of oxazole rings is 1. The van der Waals surface area contributed by atoms with E-state index in [9.17, 15) is 0 Å². The zero-order valence-electron chi connectivity index (χ0n) is 29.3. The van der Waals surface area contributed by atoms with Crippen LogP contribution in [0.25, 0.3) is 105 Å². The molecule has 9 aromatic carbocycles. The van der Waals surface area contributed by atoms with Crippen molar-refractivity contribution in [3.63, 3.8) is 0 Å². The number of rotatable bonds is 5. The molecule has 54 heavy (non-hydrogen) atoms. The van der Waals surface area contributed by atoms with E-state index in [1.165, 1.54) is 65.6 Å². The van der Waals surface area contributed by atoms with Gasteiger partial charge in [0.15, 0.2) is 5.58 Å². The van der Waals surface area contributed by atoms with Crippen LogP contribution in [0.15, 0.2) is 199 Å². The molecule has 2 aromatic heterocycles. The lowest BCUT2D eigenvalue weighted by atomic mass is 9.98. The van der Waals surface area contributed by atoms with Crippen LogP contribution in [-0.4, -0.2) is 9.55 Å². The normalized spacial score (nSPS) is 11.7. The van der Waals surface area contributed by atoms with Crippen molar-refractivity contribution >= 4 is 54.5 Å². The molecule has 0 aliphatic rings. The van der Waals surface area contributed by atoms with E-state index < -0.39 is 0 Å². The van der Waals surface area contributed by atoms with E-state index in [1.54, 1.807) is 0 Å². The Labute approximate surface area is 312 Å². The maximum absolute atomic E-state index is 6.01. The third kappa shape index (κ3) is 5.09. The van der Waals surface area contributed by atoms with Crippen LogP contribution < -0.4 is 0 Å². The Bertz CT molecular complexity index is 3030. The van der Waals surface area contributed by atoms with E-state index >= 15 is 0 Å². The second-order valence-electron chi connectivity index (χ2n) is 14.0. The maximum Gasteiger partial charge on any atom is 0.227 e. The molecule has 11 aromatic rings. The molecule has 2 heterocycles. The van der Waals surface area contributed by atoms with Gasteiger partial charge in [-0.25, -0.2) is 4.98 Å². The summed E-state index contributed by atoms with van der Waals surface area (Å²) in [6.45, 7) is 0. The van der Waals surface area contributed by atoms with Crippen LogP contribution in [0.1, 0.15) is 0 Å². The van der Waals surface area contributed by atoms with Crippen molar-refractivity contribution < 1.29 is 4.42 Å². The zero-order valence-corrected chi connectivity index (χ0v) is 29.3. The summed E-state index contributed by atoms with van der Waals surface area (Å²) in [5, 5.41) is 7.46. The zero-order chi connectivity index (χ0) is 35.6. The van der Waals surface area contributed by atoms with Crippen molar-refractivity contribution in [2.45, 2.75) is 0 Å². The summed E-state index contributed by atoms with van der Waals surface area (Å²) < 4.78 is 8.41. The van der Waals surface area contributed by atoms with Crippen molar-refractivity contribution in [1.29, 1.82) is 0 Å². The largest absolute Gasteiger partial charge is 0.436 e. The first kappa shape index (κ1) is 30.4. The summed E-state index contributed by atoms with van der Waals surface area (Å²) in [5.74, 6) is 0.636. The van der Waals surface area contributed by atoms with Gasteiger partial charge in [0.05, 0.1) is 11.0 Å². The van der Waals surface area contributed by atoms with Gasteiger partial charge in [-0.1, -0.05) is 121 Å². The Morgan fingerprint density at radius 1 is 0.352 bits per heavy atom. The van der Waals surface area contributed by atoms with Gasteiger partial charge in [-0.05, 0) is 128 Å². The van der Waals surface area contributed by atoms with Gasteiger partial charge in [0.1, 0.15) is 5.52 Å². The van der Waals surface area contributed by atoms with Crippen LogP contribution in [0.5, 0.6) is 0 Å². The third-order valence-electron chi connectivity index (χ3n) is 10.8. The molecule has 0 bridgehead atoms. The minimum absolute atomic E-state index is 0.636. The second-order valence-corrected chi connectivity index (χ2v) is 14.0. The lowest BCUT2D eigenvalue weighted by molar-refractivity contribution is 0.620. The van der Waals surface area contributed by atoms with E-state index in [4.69, 9.17) is 4.42 Å². The summed E-state index contributed by atoms with van der Waals surface area (Å²) in [7, 11) is 0. The summed E-state index contributed by atoms with van der Waals surface area (Å²) in [6.07, 6.45) is 0. The van der Waals surface area contributed by atoms with Gasteiger partial charge < -0.3 is 8.98 Å². The van der Waals surface area contributed by atoms with Crippen molar-refractivity contribution in [3.05, 3.63) is 194 Å². The summed E-state index contributed by atoms with van der Waals surface area (Å²) in [6, 6.07) is 69.7. The van der Waals surface area contributed by atoms with E-state index in [-0.39, 0.29) is 0 Å². The first-order valence-electron chi connectivity index (χ1n) is 18.4. The second kappa shape index (κ2) is 12.2. The Morgan fingerprint density at radius 3 is 1.37 bits per heavy atom. The molecule has 3 nitrogen and oxygen atoms in total. The predicted octanol–water partition coefficient (Wildman–Crippen LogP) is 13.9. The monoisotopic (exact) mass is 688 g/mol. The molecule has 0 fully saturated rings. The van der Waals surface area contributed by atoms with Crippen molar-refractivity contribution in [1.82, 2.24) is 9.55 Å². The maximum atomic E-state index is 6.01. The number of hydrogen-bond acceptors (Lipinski definition) is 2. The van der Waals surface area contributed by atoms with Crippen LogP contribution in [0.2, 0.25) is 0 Å². The molecule has 0 radical (unpaired) electrons. The lowest BCUT2D eigenvalue weighted by Gasteiger charge is -2.11. The Morgan fingerprint density at radius 2 is 0.796 bits per heavy atom. The van der Waals surface area contributed by atoms with Gasteiger partial charge >= 0.3 is 0 Å². The Kier molecular flexibility index (Phi) is 6.86. The van der Waals surface area contributed by atoms with Gasteiger partial charge in [-0.2, -0.15) is 0 Å². The number of fused-ring (bicyclic) bond motifs is 6. The van der Waals surface area contributed by atoms with E-state index in [1.807, 2.05) is 24.3 Å². The first-order chi connectivity index (χ1) is 26.7. The van der Waals surface area contributed by atoms with Gasteiger partial charge in [0.25, 0.3) is 0 Å². The fourth-order valence-electron chi connectivity index (χ4n) is 8.00. The molecular weight excluding hydrogens is 657 g/mol. The quantitative estimate of drug-likeness (QED) is 0.180. The summed E-state index contributed by atoms with van der Waals surface area (Å²) in [5.41, 5.74) is 13.3. The van der Waals surface area contributed by atoms with Gasteiger partial charge in [0, 0.05) is 22.0 Å². The fourth-order valence-corrected chi connectivity index (χ4v) is 8.00. The molecule has 0 atom stereocenters. The highest BCUT2D eigenvalue weighted by Crippen LogP contribution is 2.39. The Balaban J connectivity index is 1.01. The van der Waals surface area contributed by atoms with Crippen LogP contribution in [-0.2, 0) is 0 Å². The molecule has 11 rings (SSSR count). The fraction of sp³-hybridized carbons (Fsp3) is 0. The number of nitrogens with zero attached hydrogens (tertiary/aromatic N) is 2. The SMILES string of the molecule is c1ccc2cc(-c3ccc4c(c3)c3cc(-c5ccc6ccccc6c5)ccc3n4-c3ccc(-c4ccc(-c5nc6ccccc6o5)cc4)cc3)ccc2c1. The number of hydrogen-bond donors (Lipinski definition) is 0. The van der Waals surface area contributed by atoms with E-state index in [0.29, 0.717) is 5.89 Å². The minimum Gasteiger partial charge on any atom is -0.436 e. The standard InChI is InChI=1S/C51H32N2O/c1-3-9-38-29-40(19-15-33(38)7-1)42-23-27-48-45(31-42)46-32-43(41-20-16-34-8-2-4-10-39(34)30-41)24-28-49(46)53(48)44-25-21-36(22-26-44)35-13-17-37(18-14-35)51-52-47-11-5-6-12-50(47)54-51/h1-32H. The van der Waals surface area contributed by atoms with Crippen LogP contribution in [0.3, 0.4) is 0 Å². The molecule has 0 unspecified atom stereocenters. The number of benzene rings is 9. The highest BCUT2D eigenvalue weighted by atomic mass is 16.3. The van der Waals surface area contributed by atoms with Gasteiger partial charge in [-0.3, -0.25) is 0 Å². The average Bonchev–Trinajstić information content (AvgIpc) is 3.82. The Hall–Kier alpha value is -7.23. The minimum atomic E-state index is 0.636. The third-order valence-corrected chi connectivity index (χ3v) is 10.8. The lowest BCUT2D eigenvalue weighted by Crippen LogP contribution is -1.94. The molecule has 0 aliphatic heterocycles. The van der Waals surface area contributed by atoms with Gasteiger partial charge in [0.2, 0.25) is 5.89 Å².